The van der Waals surface area contributed by atoms with Crippen LogP contribution < -0.4 is 11.1 Å². The lowest BCUT2D eigenvalue weighted by Crippen LogP contribution is -2.52. The fourth-order valence-electron chi connectivity index (χ4n) is 4.73. The van der Waals surface area contributed by atoms with Crippen molar-refractivity contribution in [3.63, 3.8) is 0 Å². The van der Waals surface area contributed by atoms with Crippen LogP contribution in [0.2, 0.25) is 0 Å². The first kappa shape index (κ1) is 26.9. The van der Waals surface area contributed by atoms with Crippen molar-refractivity contribution in [2.24, 2.45) is 5.73 Å². The van der Waals surface area contributed by atoms with E-state index in [-0.39, 0.29) is 22.8 Å². The van der Waals surface area contributed by atoms with Gasteiger partial charge in [-0.25, -0.2) is 13.4 Å². The maximum absolute atomic E-state index is 14.3. The van der Waals surface area contributed by atoms with Crippen molar-refractivity contribution in [3.8, 4) is 0 Å². The largest absolute Gasteiger partial charge is 0.417 e. The van der Waals surface area contributed by atoms with Gasteiger partial charge in [0.2, 0.25) is 5.91 Å². The normalized spacial score (nSPS) is 18.0. The van der Waals surface area contributed by atoms with Crippen LogP contribution in [0.25, 0.3) is 0 Å². The van der Waals surface area contributed by atoms with Crippen LogP contribution in [0.15, 0.2) is 35.5 Å². The Balaban J connectivity index is 1.90. The number of aromatic nitrogens is 1. The number of rotatable bonds is 8. The zero-order valence-corrected chi connectivity index (χ0v) is 20.8. The van der Waals surface area contributed by atoms with E-state index < -0.39 is 51.8 Å². The van der Waals surface area contributed by atoms with Crippen LogP contribution >= 0.6 is 0 Å². The summed E-state index contributed by atoms with van der Waals surface area (Å²) in [7, 11) is -3.57. The molecule has 2 atom stereocenters. The number of nitrogens with one attached hydrogen (secondary N) is 1. The van der Waals surface area contributed by atoms with Crippen LogP contribution in [-0.4, -0.2) is 48.0 Å². The highest BCUT2D eigenvalue weighted by molar-refractivity contribution is 7.91. The molecule has 4 N–H and O–H groups in total. The van der Waals surface area contributed by atoms with E-state index in [0.717, 1.165) is 5.56 Å². The summed E-state index contributed by atoms with van der Waals surface area (Å²) in [5, 5.41) is 13.8. The second kappa shape index (κ2) is 9.09. The molecule has 7 nitrogen and oxygen atoms in total. The molecule has 2 aromatic rings. The highest BCUT2D eigenvalue weighted by atomic mass is 32.2. The third-order valence-electron chi connectivity index (χ3n) is 6.50. The van der Waals surface area contributed by atoms with Gasteiger partial charge in [0, 0.05) is 18.0 Å². The van der Waals surface area contributed by atoms with E-state index >= 15 is 0 Å². The fourth-order valence-corrected chi connectivity index (χ4v) is 5.56. The van der Waals surface area contributed by atoms with Gasteiger partial charge in [0.15, 0.2) is 20.5 Å². The molecule has 11 heteroatoms. The number of aryl methyl sites for hydroxylation is 1. The summed E-state index contributed by atoms with van der Waals surface area (Å²) in [6.07, 6.45) is -4.97. The first-order chi connectivity index (χ1) is 16.0. The Labute approximate surface area is 202 Å². The zero-order valence-electron chi connectivity index (χ0n) is 20.0. The molecule has 0 spiro atoms. The van der Waals surface area contributed by atoms with E-state index in [2.05, 4.69) is 10.3 Å². The van der Waals surface area contributed by atoms with Crippen molar-refractivity contribution in [2.45, 2.75) is 75.2 Å². The number of benzene rings is 1. The topological polar surface area (TPSA) is 122 Å². The number of primary amides is 1. The molecule has 2 unspecified atom stereocenters. The summed E-state index contributed by atoms with van der Waals surface area (Å²) in [5.41, 5.74) is 3.25. The molecule has 1 aromatic heterocycles. The number of carbonyl (C=O) groups excluding carboxylic acids is 1. The average Bonchev–Trinajstić information content (AvgIpc) is 3.13. The van der Waals surface area contributed by atoms with Crippen molar-refractivity contribution in [2.75, 3.05) is 11.1 Å². The summed E-state index contributed by atoms with van der Waals surface area (Å²) in [5.74, 6) is -0.907. The number of nitrogens with zero attached hydrogens (tertiary/aromatic N) is 1. The zero-order chi connectivity index (χ0) is 26.4. The number of alkyl halides is 3. The van der Waals surface area contributed by atoms with Gasteiger partial charge in [-0.1, -0.05) is 38.5 Å². The molecular weight excluding hydrogens is 483 g/mol. The van der Waals surface area contributed by atoms with Crippen molar-refractivity contribution >= 4 is 21.4 Å². The Hall–Kier alpha value is -2.66. The molecule has 1 aliphatic heterocycles. The smallest absolute Gasteiger partial charge is 0.380 e. The lowest BCUT2D eigenvalue weighted by Gasteiger charge is -2.40. The quantitative estimate of drug-likeness (QED) is 0.495. The first-order valence-corrected chi connectivity index (χ1v) is 12.8. The molecule has 35 heavy (non-hydrogen) atoms. The van der Waals surface area contributed by atoms with Crippen LogP contribution in [0.4, 0.5) is 18.9 Å². The van der Waals surface area contributed by atoms with Gasteiger partial charge in [-0.05, 0) is 48.4 Å². The molecule has 0 radical (unpaired) electrons. The monoisotopic (exact) mass is 513 g/mol. The summed E-state index contributed by atoms with van der Waals surface area (Å²) >= 11 is 0. The SMILES string of the molecule is CCS(=O)(=O)c1cc2c(cn1)NC(CC(O)(CC(C)(C)c1ccc(C)cc1C(N)=O)C(F)(F)F)C2. The number of pyridine rings is 1. The van der Waals surface area contributed by atoms with E-state index in [9.17, 15) is 31.5 Å². The van der Waals surface area contributed by atoms with Gasteiger partial charge in [0.25, 0.3) is 0 Å². The Morgan fingerprint density at radius 3 is 2.49 bits per heavy atom. The first-order valence-electron chi connectivity index (χ1n) is 11.2. The van der Waals surface area contributed by atoms with Gasteiger partial charge in [0.1, 0.15) is 0 Å². The number of fused-ring (bicyclic) bond motifs is 1. The van der Waals surface area contributed by atoms with Crippen molar-refractivity contribution in [3.05, 3.63) is 52.7 Å². The third kappa shape index (κ3) is 5.45. The fraction of sp³-hybridized carbons (Fsp3) is 0.500. The molecule has 0 saturated heterocycles. The molecular formula is C24H30F3N3O4S. The summed E-state index contributed by atoms with van der Waals surface area (Å²) in [6, 6.07) is 5.33. The average molecular weight is 514 g/mol. The molecule has 0 bridgehead atoms. The Morgan fingerprint density at radius 2 is 1.91 bits per heavy atom. The highest BCUT2D eigenvalue weighted by Gasteiger charge is 2.57. The molecule has 1 aliphatic rings. The number of amides is 1. The Kier molecular flexibility index (Phi) is 6.99. The minimum Gasteiger partial charge on any atom is -0.380 e. The molecule has 1 amide bonds. The van der Waals surface area contributed by atoms with Gasteiger partial charge in [-0.3, -0.25) is 4.79 Å². The number of nitrogens with two attached hydrogens (primary N) is 1. The number of anilines is 1. The Bertz CT molecular complexity index is 1250. The molecule has 1 aromatic carbocycles. The maximum atomic E-state index is 14.3. The number of sulfone groups is 1. The number of aliphatic hydroxyl groups is 1. The van der Waals surface area contributed by atoms with Gasteiger partial charge >= 0.3 is 6.18 Å². The van der Waals surface area contributed by atoms with Crippen LogP contribution in [-0.2, 0) is 21.7 Å². The van der Waals surface area contributed by atoms with Gasteiger partial charge in [-0.15, -0.1) is 0 Å². The number of carbonyl (C=O) groups is 1. The predicted octanol–water partition coefficient (Wildman–Crippen LogP) is 3.67. The molecule has 0 aliphatic carbocycles. The van der Waals surface area contributed by atoms with E-state index in [1.165, 1.54) is 39.1 Å². The second-order valence-electron chi connectivity index (χ2n) is 9.84. The summed E-state index contributed by atoms with van der Waals surface area (Å²) in [4.78, 5) is 15.9. The standard InChI is InChI=1S/C24H30F3N3O4S/c1-5-35(33,34)20-10-15-9-16(30-19(15)12-29-20)11-23(32,24(25,26)27)13-22(3,4)18-7-6-14(2)8-17(18)21(28)31/h6-8,10,12,16,30,32H,5,9,11,13H2,1-4H3,(H2,28,31). The minimum atomic E-state index is -4.97. The van der Waals surface area contributed by atoms with Crippen LogP contribution in [0, 0.1) is 6.92 Å². The molecule has 3 rings (SSSR count). The van der Waals surface area contributed by atoms with Crippen LogP contribution in [0.1, 0.15) is 60.7 Å². The van der Waals surface area contributed by atoms with Crippen molar-refractivity contribution in [1.82, 2.24) is 4.98 Å². The number of hydrogen-bond donors (Lipinski definition) is 3. The van der Waals surface area contributed by atoms with Crippen molar-refractivity contribution in [1.29, 1.82) is 0 Å². The molecule has 0 fully saturated rings. The van der Waals surface area contributed by atoms with Crippen LogP contribution in [0.5, 0.6) is 0 Å². The van der Waals surface area contributed by atoms with Gasteiger partial charge in [-0.2, -0.15) is 13.2 Å². The number of halogens is 3. The molecule has 2 heterocycles. The second-order valence-corrected chi connectivity index (χ2v) is 12.1. The lowest BCUT2D eigenvalue weighted by atomic mass is 9.71. The predicted molar refractivity (Wildman–Crippen MR) is 126 cm³/mol. The maximum Gasteiger partial charge on any atom is 0.417 e. The van der Waals surface area contributed by atoms with Crippen molar-refractivity contribution < 1.29 is 31.5 Å². The summed E-state index contributed by atoms with van der Waals surface area (Å²) in [6.45, 7) is 6.28. The number of hydrogen-bond acceptors (Lipinski definition) is 6. The van der Waals surface area contributed by atoms with E-state index in [0.29, 0.717) is 16.8 Å². The third-order valence-corrected chi connectivity index (χ3v) is 8.13. The summed E-state index contributed by atoms with van der Waals surface area (Å²) < 4.78 is 67.0. The van der Waals surface area contributed by atoms with Gasteiger partial charge in [0.05, 0.1) is 17.6 Å². The molecule has 0 saturated carbocycles. The minimum absolute atomic E-state index is 0.0972. The van der Waals surface area contributed by atoms with E-state index in [1.54, 1.807) is 19.1 Å². The molecule has 192 valence electrons. The van der Waals surface area contributed by atoms with E-state index in [4.69, 9.17) is 5.73 Å². The van der Waals surface area contributed by atoms with Crippen LogP contribution in [0.3, 0.4) is 0 Å². The lowest BCUT2D eigenvalue weighted by molar-refractivity contribution is -0.270. The van der Waals surface area contributed by atoms with Gasteiger partial charge < -0.3 is 16.2 Å². The Morgan fingerprint density at radius 1 is 1.26 bits per heavy atom. The highest BCUT2D eigenvalue weighted by Crippen LogP contribution is 2.45. The van der Waals surface area contributed by atoms with E-state index in [1.807, 2.05) is 0 Å².